The van der Waals surface area contributed by atoms with Crippen LogP contribution in [-0.4, -0.2) is 21.7 Å². The van der Waals surface area contributed by atoms with Crippen molar-refractivity contribution in [3.8, 4) is 11.3 Å². The molecule has 156 valence electrons. The number of carbonyl (C=O) groups is 1. The Bertz CT molecular complexity index is 1090. The molecule has 0 aliphatic carbocycles. The number of thiophene rings is 1. The van der Waals surface area contributed by atoms with Crippen molar-refractivity contribution in [2.45, 2.75) is 50.9 Å². The van der Waals surface area contributed by atoms with Gasteiger partial charge in [0.25, 0.3) is 0 Å². The van der Waals surface area contributed by atoms with Crippen LogP contribution in [-0.2, 0) is 4.79 Å². The van der Waals surface area contributed by atoms with Gasteiger partial charge in [0.05, 0.1) is 16.1 Å². The van der Waals surface area contributed by atoms with Crippen molar-refractivity contribution < 1.29 is 9.48 Å². The molecule has 0 unspecified atom stereocenters. The molecular formula is C22H25N4O2S2+. The first-order valence-electron chi connectivity index (χ1n) is 10.2. The van der Waals surface area contributed by atoms with Crippen LogP contribution in [0.2, 0.25) is 0 Å². The lowest BCUT2D eigenvalue weighted by atomic mass is 10.0. The quantitative estimate of drug-likeness (QED) is 0.336. The summed E-state index contributed by atoms with van der Waals surface area (Å²) >= 11 is 3.11. The third-order valence-electron chi connectivity index (χ3n) is 5.13. The van der Waals surface area contributed by atoms with E-state index in [-0.39, 0.29) is 11.5 Å². The minimum atomic E-state index is -0.478. The SMILES string of the molecule is CCCCCCSc1n[n+]2c(c(=O)[nH]1)-c1ccccc1N(C(C)=O)[C@H]2c1cccs1. The van der Waals surface area contributed by atoms with Crippen molar-refractivity contribution in [2.75, 3.05) is 10.7 Å². The van der Waals surface area contributed by atoms with Gasteiger partial charge in [0.15, 0.2) is 0 Å². The predicted molar refractivity (Wildman–Crippen MR) is 121 cm³/mol. The number of carbonyl (C=O) groups excluding carboxylic acids is 1. The number of aromatic amines is 1. The molecular weight excluding hydrogens is 416 g/mol. The molecule has 0 saturated heterocycles. The molecule has 1 amide bonds. The van der Waals surface area contributed by atoms with Crippen LogP contribution in [0.4, 0.5) is 5.69 Å². The molecule has 0 fully saturated rings. The molecule has 2 aromatic heterocycles. The zero-order valence-electron chi connectivity index (χ0n) is 17.1. The van der Waals surface area contributed by atoms with Gasteiger partial charge < -0.3 is 0 Å². The van der Waals surface area contributed by atoms with Crippen LogP contribution in [0.15, 0.2) is 51.7 Å². The predicted octanol–water partition coefficient (Wildman–Crippen LogP) is 4.37. The van der Waals surface area contributed by atoms with Crippen LogP contribution in [0.25, 0.3) is 11.3 Å². The number of H-pyrrole nitrogens is 1. The molecule has 30 heavy (non-hydrogen) atoms. The number of amides is 1. The summed E-state index contributed by atoms with van der Waals surface area (Å²) in [6.07, 6.45) is 4.19. The summed E-state index contributed by atoms with van der Waals surface area (Å²) in [6, 6.07) is 11.5. The van der Waals surface area contributed by atoms with Crippen LogP contribution >= 0.6 is 23.1 Å². The Labute approximate surface area is 184 Å². The maximum atomic E-state index is 13.1. The summed E-state index contributed by atoms with van der Waals surface area (Å²) in [5.74, 6) is 0.814. The number of unbranched alkanes of at least 4 members (excludes halogenated alkanes) is 3. The average molecular weight is 442 g/mol. The first-order chi connectivity index (χ1) is 14.6. The maximum absolute atomic E-state index is 13.1. The van der Waals surface area contributed by atoms with E-state index in [1.54, 1.807) is 39.6 Å². The topological polar surface area (TPSA) is 69.9 Å². The molecule has 1 aromatic carbocycles. The Balaban J connectivity index is 1.81. The van der Waals surface area contributed by atoms with Crippen molar-refractivity contribution in [1.29, 1.82) is 0 Å². The molecule has 1 N–H and O–H groups in total. The number of nitrogens with one attached hydrogen (secondary N) is 1. The summed E-state index contributed by atoms with van der Waals surface area (Å²) < 4.78 is 1.72. The Morgan fingerprint density at radius 3 is 2.80 bits per heavy atom. The van der Waals surface area contributed by atoms with Gasteiger partial charge in [0, 0.05) is 17.8 Å². The van der Waals surface area contributed by atoms with Crippen LogP contribution in [0.5, 0.6) is 0 Å². The lowest BCUT2D eigenvalue weighted by molar-refractivity contribution is -0.762. The number of thioether (sulfide) groups is 1. The molecule has 3 heterocycles. The fraction of sp³-hybridized carbons (Fsp3) is 0.364. The van der Waals surface area contributed by atoms with Crippen molar-refractivity contribution in [3.05, 3.63) is 57.0 Å². The summed E-state index contributed by atoms with van der Waals surface area (Å²) in [4.78, 5) is 31.5. The summed E-state index contributed by atoms with van der Waals surface area (Å²) in [7, 11) is 0. The Kier molecular flexibility index (Phi) is 6.34. The minimum absolute atomic E-state index is 0.0881. The Morgan fingerprint density at radius 1 is 1.23 bits per heavy atom. The van der Waals surface area contributed by atoms with E-state index in [0.717, 1.165) is 22.7 Å². The molecule has 1 atom stereocenters. The number of anilines is 1. The molecule has 1 aliphatic heterocycles. The van der Waals surface area contributed by atoms with Crippen LogP contribution in [0, 0.1) is 0 Å². The van der Waals surface area contributed by atoms with Gasteiger partial charge in [-0.1, -0.05) is 56.1 Å². The number of hydrogen-bond donors (Lipinski definition) is 1. The molecule has 0 saturated carbocycles. The highest BCUT2D eigenvalue weighted by molar-refractivity contribution is 7.99. The summed E-state index contributed by atoms with van der Waals surface area (Å²) in [5, 5.41) is 7.36. The fourth-order valence-electron chi connectivity index (χ4n) is 3.77. The van der Waals surface area contributed by atoms with Gasteiger partial charge in [-0.15, -0.1) is 11.3 Å². The van der Waals surface area contributed by atoms with E-state index >= 15 is 0 Å². The lowest BCUT2D eigenvalue weighted by Crippen LogP contribution is -2.60. The number of nitrogens with zero attached hydrogens (tertiary/aromatic N) is 3. The van der Waals surface area contributed by atoms with E-state index in [4.69, 9.17) is 5.10 Å². The fourth-order valence-corrected chi connectivity index (χ4v) is 5.42. The number of rotatable bonds is 7. The zero-order chi connectivity index (χ0) is 21.1. The van der Waals surface area contributed by atoms with Gasteiger partial charge in [0.2, 0.25) is 11.1 Å². The zero-order valence-corrected chi connectivity index (χ0v) is 18.8. The van der Waals surface area contributed by atoms with Gasteiger partial charge in [-0.3, -0.25) is 14.6 Å². The second-order valence-electron chi connectivity index (χ2n) is 7.26. The largest absolute Gasteiger partial charge is 0.325 e. The second-order valence-corrected chi connectivity index (χ2v) is 9.32. The smallest absolute Gasteiger partial charge is 0.291 e. The highest BCUT2D eigenvalue weighted by Crippen LogP contribution is 2.38. The molecule has 3 aromatic rings. The summed E-state index contributed by atoms with van der Waals surface area (Å²) in [5.41, 5.74) is 1.75. The molecule has 0 bridgehead atoms. The van der Waals surface area contributed by atoms with Crippen LogP contribution < -0.4 is 15.1 Å². The first-order valence-corrected chi connectivity index (χ1v) is 12.1. The van der Waals surface area contributed by atoms with Gasteiger partial charge in [0.1, 0.15) is 0 Å². The van der Waals surface area contributed by atoms with Crippen molar-refractivity contribution in [2.24, 2.45) is 0 Å². The Hall–Kier alpha value is -2.45. The minimum Gasteiger partial charge on any atom is -0.291 e. The van der Waals surface area contributed by atoms with E-state index in [2.05, 4.69) is 11.9 Å². The molecule has 0 radical (unpaired) electrons. The van der Waals surface area contributed by atoms with E-state index < -0.39 is 6.17 Å². The number of hydrogen-bond acceptors (Lipinski definition) is 5. The third-order valence-corrected chi connectivity index (χ3v) is 6.99. The highest BCUT2D eigenvalue weighted by atomic mass is 32.2. The Morgan fingerprint density at radius 2 is 2.07 bits per heavy atom. The number of para-hydroxylation sites is 1. The lowest BCUT2D eigenvalue weighted by Gasteiger charge is -2.30. The average Bonchev–Trinajstić information content (AvgIpc) is 3.26. The van der Waals surface area contributed by atoms with Crippen molar-refractivity contribution >= 4 is 34.7 Å². The monoisotopic (exact) mass is 441 g/mol. The molecule has 8 heteroatoms. The van der Waals surface area contributed by atoms with E-state index in [0.29, 0.717) is 16.4 Å². The normalized spacial score (nSPS) is 15.0. The van der Waals surface area contributed by atoms with Crippen molar-refractivity contribution in [1.82, 2.24) is 10.1 Å². The maximum Gasteiger partial charge on any atom is 0.325 e. The first kappa shape index (κ1) is 20.8. The van der Waals surface area contributed by atoms with Crippen LogP contribution in [0.1, 0.15) is 50.6 Å². The van der Waals surface area contributed by atoms with Gasteiger partial charge in [-0.25, -0.2) is 4.90 Å². The molecule has 0 spiro atoms. The van der Waals surface area contributed by atoms with Crippen LogP contribution in [0.3, 0.4) is 0 Å². The molecule has 6 nitrogen and oxygen atoms in total. The van der Waals surface area contributed by atoms with Gasteiger partial charge in [-0.2, -0.15) is 0 Å². The molecule has 1 aliphatic rings. The second kappa shape index (κ2) is 9.14. The van der Waals surface area contributed by atoms with Gasteiger partial charge >= 0.3 is 17.4 Å². The van der Waals surface area contributed by atoms with Crippen molar-refractivity contribution in [3.63, 3.8) is 0 Å². The standard InChI is InChI=1S/C22H24N4O2S2/c1-3-4-5-8-13-30-22-23-20(28)19-16-10-6-7-11-17(16)25(15(2)27)21(26(19)24-22)18-12-9-14-29-18/h6-7,9-12,14,21H,3-5,8,13H2,1-2H3/p+1/t21-/m1/s1. The van der Waals surface area contributed by atoms with E-state index in [1.165, 1.54) is 19.3 Å². The van der Waals surface area contributed by atoms with E-state index in [1.807, 2.05) is 41.8 Å². The van der Waals surface area contributed by atoms with Gasteiger partial charge in [-0.05, 0) is 34.7 Å². The molecule has 4 rings (SSSR count). The third kappa shape index (κ3) is 3.94. The highest BCUT2D eigenvalue weighted by Gasteiger charge is 2.45. The number of benzene rings is 1. The number of aromatic nitrogens is 3. The number of fused-ring (bicyclic) bond motifs is 3. The van der Waals surface area contributed by atoms with E-state index in [9.17, 15) is 9.59 Å². The summed E-state index contributed by atoms with van der Waals surface area (Å²) in [6.45, 7) is 3.75.